The Kier molecular flexibility index (Phi) is 2.47. The van der Waals surface area contributed by atoms with E-state index in [-0.39, 0.29) is 4.86 Å². The fraction of sp³-hybridized carbons (Fsp3) is 0.125. The molecular formula is C8H5F3S. The lowest BCUT2D eigenvalue weighted by Gasteiger charge is -2.02. The smallest absolute Gasteiger partial charge is 0.170 e. The largest absolute Gasteiger partial charge is 0.206 e. The molecule has 0 N–H and O–H groups in total. The zero-order chi connectivity index (χ0) is 9.30. The van der Waals surface area contributed by atoms with Gasteiger partial charge in [-0.15, -0.1) is 0 Å². The molecular weight excluding hydrogens is 185 g/mol. The summed E-state index contributed by atoms with van der Waals surface area (Å²) in [4.78, 5) is 0.00417. The summed E-state index contributed by atoms with van der Waals surface area (Å²) in [5.41, 5.74) is -0.454. The van der Waals surface area contributed by atoms with Crippen LogP contribution in [0.1, 0.15) is 12.5 Å². The normalized spacial score (nSPS) is 10.0. The molecule has 1 aromatic carbocycles. The summed E-state index contributed by atoms with van der Waals surface area (Å²) in [5, 5.41) is 0. The van der Waals surface area contributed by atoms with Gasteiger partial charge in [0.05, 0.1) is 5.56 Å². The first-order chi connectivity index (χ1) is 5.54. The first kappa shape index (κ1) is 9.19. The highest BCUT2D eigenvalue weighted by Crippen LogP contribution is 2.16. The Bertz CT molecular complexity index is 333. The monoisotopic (exact) mass is 190 g/mol. The lowest BCUT2D eigenvalue weighted by atomic mass is 10.1. The minimum absolute atomic E-state index is 0.00417. The number of hydrogen-bond donors (Lipinski definition) is 0. The Morgan fingerprint density at radius 1 is 1.17 bits per heavy atom. The third-order valence-electron chi connectivity index (χ3n) is 1.40. The van der Waals surface area contributed by atoms with E-state index < -0.39 is 23.0 Å². The summed E-state index contributed by atoms with van der Waals surface area (Å²) >= 11 is 4.55. The molecule has 0 saturated carbocycles. The van der Waals surface area contributed by atoms with E-state index >= 15 is 0 Å². The Hall–Kier alpha value is -0.900. The van der Waals surface area contributed by atoms with Crippen molar-refractivity contribution in [3.63, 3.8) is 0 Å². The maximum Gasteiger partial charge on any atom is 0.170 e. The molecule has 0 aliphatic carbocycles. The molecule has 0 amide bonds. The molecule has 0 radical (unpaired) electrons. The summed E-state index contributed by atoms with van der Waals surface area (Å²) in [5.74, 6) is -3.14. The third-order valence-corrected chi connectivity index (χ3v) is 1.60. The minimum Gasteiger partial charge on any atom is -0.206 e. The van der Waals surface area contributed by atoms with Crippen LogP contribution in [0.25, 0.3) is 0 Å². The first-order valence-electron chi connectivity index (χ1n) is 3.18. The highest BCUT2D eigenvalue weighted by atomic mass is 32.1. The standard InChI is InChI=1S/C8H5F3S/c1-4(12)7-5(9)2-3-6(10)8(7)11/h2-3H,1H3. The van der Waals surface area contributed by atoms with Crippen molar-refractivity contribution >= 4 is 17.1 Å². The highest BCUT2D eigenvalue weighted by Gasteiger charge is 2.14. The zero-order valence-corrected chi connectivity index (χ0v) is 7.01. The summed E-state index contributed by atoms with van der Waals surface area (Å²) in [6.45, 7) is 1.34. The molecule has 0 nitrogen and oxygen atoms in total. The Morgan fingerprint density at radius 2 is 1.67 bits per heavy atom. The number of hydrogen-bond acceptors (Lipinski definition) is 1. The average Bonchev–Trinajstić information content (AvgIpc) is 1.97. The van der Waals surface area contributed by atoms with Gasteiger partial charge in [0, 0.05) is 4.86 Å². The van der Waals surface area contributed by atoms with Gasteiger partial charge in [0.1, 0.15) is 5.82 Å². The van der Waals surface area contributed by atoms with E-state index in [1.165, 1.54) is 6.92 Å². The van der Waals surface area contributed by atoms with Crippen LogP contribution in [0.15, 0.2) is 12.1 Å². The summed E-state index contributed by atoms with van der Waals surface area (Å²) in [6.07, 6.45) is 0. The number of rotatable bonds is 1. The van der Waals surface area contributed by atoms with Crippen LogP contribution in [0.3, 0.4) is 0 Å². The molecule has 0 aliphatic rings. The molecule has 64 valence electrons. The van der Waals surface area contributed by atoms with Gasteiger partial charge in [-0.1, -0.05) is 12.2 Å². The molecule has 0 aliphatic heterocycles. The van der Waals surface area contributed by atoms with Crippen LogP contribution >= 0.6 is 12.2 Å². The number of benzene rings is 1. The summed E-state index contributed by atoms with van der Waals surface area (Å²) in [7, 11) is 0. The van der Waals surface area contributed by atoms with E-state index in [2.05, 4.69) is 12.2 Å². The Morgan fingerprint density at radius 3 is 2.08 bits per heavy atom. The van der Waals surface area contributed by atoms with Crippen LogP contribution in [0.4, 0.5) is 13.2 Å². The van der Waals surface area contributed by atoms with Crippen LogP contribution in [0, 0.1) is 17.5 Å². The molecule has 0 unspecified atom stereocenters. The first-order valence-corrected chi connectivity index (χ1v) is 3.59. The summed E-state index contributed by atoms with van der Waals surface area (Å²) < 4.78 is 38.1. The van der Waals surface area contributed by atoms with E-state index in [4.69, 9.17) is 0 Å². The van der Waals surface area contributed by atoms with Crippen LogP contribution in [0.5, 0.6) is 0 Å². The molecule has 0 fully saturated rings. The molecule has 0 bridgehead atoms. The third kappa shape index (κ3) is 1.48. The summed E-state index contributed by atoms with van der Waals surface area (Å²) in [6, 6.07) is 1.58. The Balaban J connectivity index is 3.43. The van der Waals surface area contributed by atoms with Gasteiger partial charge in [-0.3, -0.25) is 0 Å². The van der Waals surface area contributed by atoms with Crippen molar-refractivity contribution in [1.29, 1.82) is 0 Å². The van der Waals surface area contributed by atoms with Gasteiger partial charge in [0.15, 0.2) is 11.6 Å². The van der Waals surface area contributed by atoms with Crippen LogP contribution in [-0.2, 0) is 0 Å². The predicted octanol–water partition coefficient (Wildman–Crippen LogP) is 2.84. The molecule has 0 saturated heterocycles. The predicted molar refractivity (Wildman–Crippen MR) is 43.7 cm³/mol. The maximum atomic E-state index is 12.8. The second-order valence-electron chi connectivity index (χ2n) is 2.27. The fourth-order valence-corrected chi connectivity index (χ4v) is 1.04. The van der Waals surface area contributed by atoms with Crippen LogP contribution in [-0.4, -0.2) is 4.86 Å². The van der Waals surface area contributed by atoms with Gasteiger partial charge in [-0.2, -0.15) is 0 Å². The Labute approximate surface area is 73.0 Å². The maximum absolute atomic E-state index is 12.8. The highest BCUT2D eigenvalue weighted by molar-refractivity contribution is 7.80. The van der Waals surface area contributed by atoms with Gasteiger partial charge in [-0.25, -0.2) is 13.2 Å². The fourth-order valence-electron chi connectivity index (χ4n) is 0.850. The quantitative estimate of drug-likeness (QED) is 0.373. The molecule has 0 spiro atoms. The van der Waals surface area contributed by atoms with Gasteiger partial charge in [0.25, 0.3) is 0 Å². The second-order valence-corrected chi connectivity index (χ2v) is 2.89. The molecule has 4 heteroatoms. The van der Waals surface area contributed by atoms with Gasteiger partial charge in [0.2, 0.25) is 0 Å². The van der Waals surface area contributed by atoms with Crippen molar-refractivity contribution in [2.24, 2.45) is 0 Å². The van der Waals surface area contributed by atoms with Crippen molar-refractivity contribution in [2.45, 2.75) is 6.92 Å². The van der Waals surface area contributed by atoms with Crippen molar-refractivity contribution < 1.29 is 13.2 Å². The minimum atomic E-state index is -1.22. The number of halogens is 3. The molecule has 0 heterocycles. The van der Waals surface area contributed by atoms with Crippen LogP contribution in [0.2, 0.25) is 0 Å². The van der Waals surface area contributed by atoms with Gasteiger partial charge < -0.3 is 0 Å². The lowest BCUT2D eigenvalue weighted by Crippen LogP contribution is -2.02. The van der Waals surface area contributed by atoms with E-state index in [9.17, 15) is 13.2 Å². The topological polar surface area (TPSA) is 0 Å². The molecule has 0 atom stereocenters. The van der Waals surface area contributed by atoms with E-state index in [0.29, 0.717) is 0 Å². The lowest BCUT2D eigenvalue weighted by molar-refractivity contribution is 0.493. The van der Waals surface area contributed by atoms with E-state index in [0.717, 1.165) is 12.1 Å². The van der Waals surface area contributed by atoms with Gasteiger partial charge in [-0.05, 0) is 19.1 Å². The van der Waals surface area contributed by atoms with Gasteiger partial charge >= 0.3 is 0 Å². The van der Waals surface area contributed by atoms with Crippen molar-refractivity contribution in [2.75, 3.05) is 0 Å². The SMILES string of the molecule is CC(=S)c1c(F)ccc(F)c1F. The molecule has 0 aromatic heterocycles. The number of thiocarbonyl (C=S) groups is 1. The zero-order valence-electron chi connectivity index (χ0n) is 6.20. The van der Waals surface area contributed by atoms with E-state index in [1.807, 2.05) is 0 Å². The molecule has 12 heavy (non-hydrogen) atoms. The van der Waals surface area contributed by atoms with Crippen molar-refractivity contribution in [1.82, 2.24) is 0 Å². The van der Waals surface area contributed by atoms with Crippen LogP contribution < -0.4 is 0 Å². The van der Waals surface area contributed by atoms with E-state index in [1.54, 1.807) is 0 Å². The van der Waals surface area contributed by atoms with Crippen molar-refractivity contribution in [3.8, 4) is 0 Å². The molecule has 1 aromatic rings. The van der Waals surface area contributed by atoms with Crippen molar-refractivity contribution in [3.05, 3.63) is 35.1 Å². The average molecular weight is 190 g/mol. The second kappa shape index (κ2) is 3.23. The molecule has 1 rings (SSSR count).